The molecule has 0 atom stereocenters. The Labute approximate surface area is 120 Å². The molecule has 0 spiro atoms. The smallest absolute Gasteiger partial charge is 0.268 e. The van der Waals surface area contributed by atoms with Crippen LogP contribution >= 0.6 is 0 Å². The predicted molar refractivity (Wildman–Crippen MR) is 75.0 cm³/mol. The number of fused-ring (bicyclic) bond motifs is 1. The van der Waals surface area contributed by atoms with Crippen LogP contribution in [0.5, 0.6) is 0 Å². The van der Waals surface area contributed by atoms with E-state index >= 15 is 0 Å². The number of ketones is 1. The number of Topliss-reactive ketones (excluding diaryl/α,β-unsaturated/α-hetero) is 1. The summed E-state index contributed by atoms with van der Waals surface area (Å²) in [6.07, 6.45) is 3.35. The first kappa shape index (κ1) is 13.0. The minimum Gasteiger partial charge on any atom is -0.356 e. The van der Waals surface area contributed by atoms with Gasteiger partial charge in [-0.3, -0.25) is 14.0 Å². The number of aromatic amines is 1. The zero-order valence-corrected chi connectivity index (χ0v) is 11.3. The molecule has 2 N–H and O–H groups in total. The van der Waals surface area contributed by atoms with E-state index in [9.17, 15) is 9.59 Å². The Balaban J connectivity index is 1.72. The molecule has 0 aliphatic heterocycles. The maximum atomic E-state index is 12.0. The van der Waals surface area contributed by atoms with Crippen molar-refractivity contribution in [2.45, 2.75) is 13.5 Å². The Kier molecular flexibility index (Phi) is 3.23. The summed E-state index contributed by atoms with van der Waals surface area (Å²) in [5.74, 6) is 0.251. The third-order valence-electron chi connectivity index (χ3n) is 3.13. The number of hydrogen-bond donors (Lipinski definition) is 2. The lowest BCUT2D eigenvalue weighted by atomic mass is 10.2. The fourth-order valence-corrected chi connectivity index (χ4v) is 1.99. The molecule has 7 nitrogen and oxygen atoms in total. The number of hydrogen-bond acceptors (Lipinski definition) is 4. The second kappa shape index (κ2) is 5.20. The monoisotopic (exact) mass is 283 g/mol. The summed E-state index contributed by atoms with van der Waals surface area (Å²) < 4.78 is 1.80. The molecule has 0 aromatic carbocycles. The SMILES string of the molecule is CC(=O)c1c[nH]c(C(=O)NCc2nnc3ccccn23)c1. The molecule has 0 unspecified atom stereocenters. The first-order chi connectivity index (χ1) is 10.1. The molecule has 0 aliphatic carbocycles. The van der Waals surface area contributed by atoms with Gasteiger partial charge in [0.15, 0.2) is 17.3 Å². The van der Waals surface area contributed by atoms with Gasteiger partial charge in [0, 0.05) is 18.0 Å². The van der Waals surface area contributed by atoms with Crippen LogP contribution in [0.3, 0.4) is 0 Å². The van der Waals surface area contributed by atoms with Crippen LogP contribution < -0.4 is 5.32 Å². The van der Waals surface area contributed by atoms with Crippen LogP contribution in [0.1, 0.15) is 33.6 Å². The summed E-state index contributed by atoms with van der Waals surface area (Å²) in [5, 5.41) is 10.8. The molecular formula is C14H13N5O2. The van der Waals surface area contributed by atoms with Gasteiger partial charge in [-0.1, -0.05) is 6.07 Å². The minimum absolute atomic E-state index is 0.0891. The van der Waals surface area contributed by atoms with Crippen molar-refractivity contribution in [3.63, 3.8) is 0 Å². The summed E-state index contributed by atoms with van der Waals surface area (Å²) in [4.78, 5) is 26.0. The molecule has 3 heterocycles. The highest BCUT2D eigenvalue weighted by atomic mass is 16.2. The molecular weight excluding hydrogens is 270 g/mol. The summed E-state index contributed by atoms with van der Waals surface area (Å²) >= 11 is 0. The molecule has 0 radical (unpaired) electrons. The fraction of sp³-hybridized carbons (Fsp3) is 0.143. The Morgan fingerprint density at radius 3 is 2.95 bits per heavy atom. The van der Waals surface area contributed by atoms with Crippen LogP contribution in [0.25, 0.3) is 5.65 Å². The maximum absolute atomic E-state index is 12.0. The summed E-state index contributed by atoms with van der Waals surface area (Å²) in [5.41, 5.74) is 1.54. The minimum atomic E-state index is -0.296. The lowest BCUT2D eigenvalue weighted by Crippen LogP contribution is -2.24. The average molecular weight is 283 g/mol. The Morgan fingerprint density at radius 2 is 2.19 bits per heavy atom. The van der Waals surface area contributed by atoms with Crippen LogP contribution in [-0.4, -0.2) is 31.3 Å². The van der Waals surface area contributed by atoms with E-state index in [2.05, 4.69) is 20.5 Å². The van der Waals surface area contributed by atoms with E-state index in [1.807, 2.05) is 24.4 Å². The average Bonchev–Trinajstić information content (AvgIpc) is 3.12. The van der Waals surface area contributed by atoms with Gasteiger partial charge in [-0.05, 0) is 25.1 Å². The maximum Gasteiger partial charge on any atom is 0.268 e. The van der Waals surface area contributed by atoms with E-state index in [-0.39, 0.29) is 18.2 Å². The van der Waals surface area contributed by atoms with Crippen LogP contribution in [0, 0.1) is 0 Å². The quantitative estimate of drug-likeness (QED) is 0.703. The van der Waals surface area contributed by atoms with Gasteiger partial charge in [-0.15, -0.1) is 10.2 Å². The molecule has 7 heteroatoms. The number of pyridine rings is 1. The topological polar surface area (TPSA) is 92.1 Å². The Morgan fingerprint density at radius 1 is 1.33 bits per heavy atom. The molecule has 1 amide bonds. The summed E-state index contributed by atoms with van der Waals surface area (Å²) in [6, 6.07) is 7.10. The molecule has 3 aromatic heterocycles. The predicted octanol–water partition coefficient (Wildman–Crippen LogP) is 1.19. The van der Waals surface area contributed by atoms with Crippen LogP contribution in [0.4, 0.5) is 0 Å². The van der Waals surface area contributed by atoms with Gasteiger partial charge >= 0.3 is 0 Å². The highest BCUT2D eigenvalue weighted by Gasteiger charge is 2.12. The first-order valence-electron chi connectivity index (χ1n) is 6.41. The zero-order chi connectivity index (χ0) is 14.8. The second-order valence-corrected chi connectivity index (χ2v) is 4.59. The lowest BCUT2D eigenvalue weighted by molar-refractivity contribution is 0.0945. The Hall–Kier alpha value is -2.96. The zero-order valence-electron chi connectivity index (χ0n) is 11.3. The molecule has 106 valence electrons. The van der Waals surface area contributed by atoms with Crippen molar-refractivity contribution in [2.75, 3.05) is 0 Å². The van der Waals surface area contributed by atoms with Gasteiger partial charge in [0.2, 0.25) is 0 Å². The third-order valence-corrected chi connectivity index (χ3v) is 3.13. The summed E-state index contributed by atoms with van der Waals surface area (Å²) in [7, 11) is 0. The van der Waals surface area contributed by atoms with Crippen LogP contribution in [0.2, 0.25) is 0 Å². The number of amides is 1. The lowest BCUT2D eigenvalue weighted by Gasteiger charge is -2.02. The number of H-pyrrole nitrogens is 1. The van der Waals surface area contributed by atoms with Gasteiger partial charge in [0.25, 0.3) is 5.91 Å². The molecule has 0 bridgehead atoms. The molecule has 0 aliphatic rings. The van der Waals surface area contributed by atoms with Gasteiger partial charge in [0.1, 0.15) is 5.69 Å². The van der Waals surface area contributed by atoms with Crippen molar-refractivity contribution in [1.29, 1.82) is 0 Å². The molecule has 3 aromatic rings. The van der Waals surface area contributed by atoms with Crippen LogP contribution in [-0.2, 0) is 6.54 Å². The van der Waals surface area contributed by atoms with E-state index < -0.39 is 0 Å². The number of rotatable bonds is 4. The third kappa shape index (κ3) is 2.53. The van der Waals surface area contributed by atoms with Gasteiger partial charge in [0.05, 0.1) is 6.54 Å². The highest BCUT2D eigenvalue weighted by Crippen LogP contribution is 2.06. The Bertz CT molecular complexity index is 818. The number of nitrogens with zero attached hydrogens (tertiary/aromatic N) is 3. The van der Waals surface area contributed by atoms with Crippen molar-refractivity contribution in [1.82, 2.24) is 24.9 Å². The van der Waals surface area contributed by atoms with E-state index in [1.165, 1.54) is 19.2 Å². The number of nitrogens with one attached hydrogen (secondary N) is 2. The number of carbonyl (C=O) groups is 2. The molecule has 3 rings (SSSR count). The first-order valence-corrected chi connectivity index (χ1v) is 6.41. The molecule has 0 saturated heterocycles. The standard InChI is InChI=1S/C14H13N5O2/c1-9(20)10-6-11(15-7-10)14(21)16-8-13-18-17-12-4-2-3-5-19(12)13/h2-7,15H,8H2,1H3,(H,16,21). The van der Waals surface area contributed by atoms with E-state index in [1.54, 1.807) is 4.40 Å². The largest absolute Gasteiger partial charge is 0.356 e. The van der Waals surface area contributed by atoms with Crippen molar-refractivity contribution < 1.29 is 9.59 Å². The van der Waals surface area contributed by atoms with Gasteiger partial charge in [-0.2, -0.15) is 0 Å². The highest BCUT2D eigenvalue weighted by molar-refractivity contribution is 5.98. The normalized spacial score (nSPS) is 10.7. The van der Waals surface area contributed by atoms with Crippen LogP contribution in [0.15, 0.2) is 36.7 Å². The van der Waals surface area contributed by atoms with Crippen molar-refractivity contribution in [3.8, 4) is 0 Å². The molecule has 0 fully saturated rings. The number of carbonyl (C=O) groups excluding carboxylic acids is 2. The molecule has 21 heavy (non-hydrogen) atoms. The van der Waals surface area contributed by atoms with E-state index in [0.29, 0.717) is 17.1 Å². The molecule has 0 saturated carbocycles. The van der Waals surface area contributed by atoms with Crippen molar-refractivity contribution in [3.05, 3.63) is 53.7 Å². The van der Waals surface area contributed by atoms with Crippen molar-refractivity contribution in [2.24, 2.45) is 0 Å². The summed E-state index contributed by atoms with van der Waals surface area (Å²) in [6.45, 7) is 1.70. The second-order valence-electron chi connectivity index (χ2n) is 4.59. The van der Waals surface area contributed by atoms with Gasteiger partial charge < -0.3 is 10.3 Å². The van der Waals surface area contributed by atoms with E-state index in [0.717, 1.165) is 5.65 Å². The fourth-order valence-electron chi connectivity index (χ4n) is 1.99. The van der Waals surface area contributed by atoms with Gasteiger partial charge in [-0.25, -0.2) is 0 Å². The van der Waals surface area contributed by atoms with Crippen molar-refractivity contribution >= 4 is 17.3 Å². The number of aromatic nitrogens is 4. The van der Waals surface area contributed by atoms with E-state index in [4.69, 9.17) is 0 Å².